The molecule has 1 nitrogen and oxygen atoms in total. The van der Waals surface area contributed by atoms with Crippen LogP contribution in [0.5, 0.6) is 0 Å². The largest absolute Gasteiger partial charge is 0.293 e. The Kier molecular flexibility index (Phi) is 5.22. The topological polar surface area (TPSA) is 17.1 Å². The fourth-order valence-electron chi connectivity index (χ4n) is 2.04. The zero-order chi connectivity index (χ0) is 13.5. The van der Waals surface area contributed by atoms with Crippen LogP contribution in [-0.4, -0.2) is 16.8 Å². The maximum absolute atomic E-state index is 12.5. The molecule has 0 aliphatic rings. The molecule has 98 valence electrons. The molecular weight excluding hydrogens is 252 g/mol. The van der Waals surface area contributed by atoms with Gasteiger partial charge in [0.15, 0.2) is 5.78 Å². The van der Waals surface area contributed by atoms with Gasteiger partial charge in [0.05, 0.1) is 5.25 Å². The smallest absolute Gasteiger partial charge is 0.176 e. The predicted molar refractivity (Wildman–Crippen MR) is 82.8 cm³/mol. The number of ketones is 1. The minimum absolute atomic E-state index is 0.00907. The summed E-state index contributed by atoms with van der Waals surface area (Å²) < 4.78 is 0. The third-order valence-corrected chi connectivity index (χ3v) is 4.10. The van der Waals surface area contributed by atoms with Crippen LogP contribution >= 0.6 is 11.8 Å². The minimum atomic E-state index is 0.00907. The Bertz CT molecular complexity index is 507. The molecule has 0 fully saturated rings. The lowest BCUT2D eigenvalue weighted by molar-refractivity contribution is 0.0989. The maximum atomic E-state index is 12.5. The van der Waals surface area contributed by atoms with E-state index in [-0.39, 0.29) is 11.0 Å². The van der Waals surface area contributed by atoms with Gasteiger partial charge in [-0.1, -0.05) is 67.6 Å². The van der Waals surface area contributed by atoms with Crippen molar-refractivity contribution in [2.45, 2.75) is 18.6 Å². The fourth-order valence-corrected chi connectivity index (χ4v) is 3.05. The van der Waals surface area contributed by atoms with E-state index in [9.17, 15) is 4.79 Å². The standard InChI is InChI=1S/C17H18OS/c1-2-19-16(13-14-9-5-3-6-10-14)17(18)15-11-7-4-8-12-15/h3-12,16H,2,13H2,1H3. The van der Waals surface area contributed by atoms with Gasteiger partial charge in [-0.3, -0.25) is 4.79 Å². The van der Waals surface area contributed by atoms with Crippen LogP contribution in [0.15, 0.2) is 60.7 Å². The van der Waals surface area contributed by atoms with Crippen molar-refractivity contribution in [2.75, 3.05) is 5.75 Å². The van der Waals surface area contributed by atoms with Gasteiger partial charge in [-0.05, 0) is 17.7 Å². The van der Waals surface area contributed by atoms with Crippen LogP contribution in [0.4, 0.5) is 0 Å². The van der Waals surface area contributed by atoms with Gasteiger partial charge >= 0.3 is 0 Å². The van der Waals surface area contributed by atoms with Gasteiger partial charge in [0.1, 0.15) is 0 Å². The van der Waals surface area contributed by atoms with Crippen LogP contribution < -0.4 is 0 Å². The summed E-state index contributed by atoms with van der Waals surface area (Å²) in [6, 6.07) is 19.8. The summed E-state index contributed by atoms with van der Waals surface area (Å²) in [4.78, 5) is 12.5. The zero-order valence-corrected chi connectivity index (χ0v) is 11.9. The Labute approximate surface area is 119 Å². The van der Waals surface area contributed by atoms with E-state index in [1.165, 1.54) is 5.56 Å². The average Bonchev–Trinajstić information content (AvgIpc) is 2.48. The van der Waals surface area contributed by atoms with E-state index in [2.05, 4.69) is 19.1 Å². The summed E-state index contributed by atoms with van der Waals surface area (Å²) in [6.45, 7) is 2.10. The summed E-state index contributed by atoms with van der Waals surface area (Å²) in [5, 5.41) is 0.00907. The summed E-state index contributed by atoms with van der Waals surface area (Å²) >= 11 is 1.72. The van der Waals surface area contributed by atoms with Gasteiger partial charge in [0, 0.05) is 5.56 Å². The van der Waals surface area contributed by atoms with Crippen molar-refractivity contribution in [3.63, 3.8) is 0 Å². The van der Waals surface area contributed by atoms with E-state index < -0.39 is 0 Å². The molecule has 0 saturated carbocycles. The first-order valence-electron chi connectivity index (χ1n) is 6.56. The Balaban J connectivity index is 2.14. The van der Waals surface area contributed by atoms with Crippen molar-refractivity contribution < 1.29 is 4.79 Å². The second kappa shape index (κ2) is 7.15. The van der Waals surface area contributed by atoms with E-state index >= 15 is 0 Å². The number of hydrogen-bond donors (Lipinski definition) is 0. The Morgan fingerprint density at radius 3 is 2.16 bits per heavy atom. The molecule has 2 rings (SSSR count). The van der Waals surface area contributed by atoms with Crippen LogP contribution in [0.2, 0.25) is 0 Å². The lowest BCUT2D eigenvalue weighted by Gasteiger charge is -2.14. The second-order valence-corrected chi connectivity index (χ2v) is 5.84. The fraction of sp³-hybridized carbons (Fsp3) is 0.235. The third-order valence-electron chi connectivity index (χ3n) is 2.98. The molecule has 0 bridgehead atoms. The first-order chi connectivity index (χ1) is 9.31. The van der Waals surface area contributed by atoms with Crippen LogP contribution in [0.1, 0.15) is 22.8 Å². The predicted octanol–water partition coefficient (Wildman–Crippen LogP) is 4.23. The normalized spacial score (nSPS) is 12.1. The quantitative estimate of drug-likeness (QED) is 0.731. The summed E-state index contributed by atoms with van der Waals surface area (Å²) in [6.07, 6.45) is 0.799. The number of thioether (sulfide) groups is 1. The lowest BCUT2D eigenvalue weighted by Crippen LogP contribution is -2.20. The number of benzene rings is 2. The highest BCUT2D eigenvalue weighted by Gasteiger charge is 2.20. The summed E-state index contributed by atoms with van der Waals surface area (Å²) in [5.41, 5.74) is 2.03. The van der Waals surface area contributed by atoms with Crippen molar-refractivity contribution in [1.82, 2.24) is 0 Å². The SMILES string of the molecule is CCSC(Cc1ccccc1)C(=O)c1ccccc1. The first-order valence-corrected chi connectivity index (χ1v) is 7.61. The summed E-state index contributed by atoms with van der Waals surface area (Å²) in [7, 11) is 0. The second-order valence-electron chi connectivity index (χ2n) is 4.36. The molecule has 0 aromatic heterocycles. The third kappa shape index (κ3) is 3.97. The van der Waals surface area contributed by atoms with Gasteiger partial charge in [0.2, 0.25) is 0 Å². The van der Waals surface area contributed by atoms with Gasteiger partial charge in [-0.15, -0.1) is 0 Å². The first kappa shape index (κ1) is 13.9. The van der Waals surface area contributed by atoms with Crippen molar-refractivity contribution in [1.29, 1.82) is 0 Å². The monoisotopic (exact) mass is 270 g/mol. The molecule has 2 aromatic carbocycles. The van der Waals surface area contributed by atoms with E-state index in [1.807, 2.05) is 48.5 Å². The molecule has 2 aromatic rings. The van der Waals surface area contributed by atoms with Crippen molar-refractivity contribution in [3.05, 3.63) is 71.8 Å². The van der Waals surface area contributed by atoms with Crippen molar-refractivity contribution in [3.8, 4) is 0 Å². The van der Waals surface area contributed by atoms with Gasteiger partial charge in [-0.2, -0.15) is 11.8 Å². The van der Waals surface area contributed by atoms with Crippen molar-refractivity contribution in [2.24, 2.45) is 0 Å². The van der Waals surface area contributed by atoms with Crippen LogP contribution in [-0.2, 0) is 6.42 Å². The number of Topliss-reactive ketones (excluding diaryl/α,β-unsaturated/α-hetero) is 1. The number of carbonyl (C=O) groups excluding carboxylic acids is 1. The van der Waals surface area contributed by atoms with Gasteiger partial charge < -0.3 is 0 Å². The molecule has 1 atom stereocenters. The molecule has 2 heteroatoms. The highest BCUT2D eigenvalue weighted by molar-refractivity contribution is 8.00. The van der Waals surface area contributed by atoms with Crippen molar-refractivity contribution >= 4 is 17.5 Å². The van der Waals surface area contributed by atoms with E-state index in [0.29, 0.717) is 0 Å². The van der Waals surface area contributed by atoms with E-state index in [0.717, 1.165) is 17.7 Å². The molecule has 0 aliphatic heterocycles. The Hall–Kier alpha value is -1.54. The highest BCUT2D eigenvalue weighted by atomic mass is 32.2. The molecule has 19 heavy (non-hydrogen) atoms. The maximum Gasteiger partial charge on any atom is 0.176 e. The van der Waals surface area contributed by atoms with Crippen LogP contribution in [0.25, 0.3) is 0 Å². The van der Waals surface area contributed by atoms with Crippen LogP contribution in [0, 0.1) is 0 Å². The Morgan fingerprint density at radius 1 is 1.00 bits per heavy atom. The highest BCUT2D eigenvalue weighted by Crippen LogP contribution is 2.20. The van der Waals surface area contributed by atoms with Crippen LogP contribution in [0.3, 0.4) is 0 Å². The molecule has 0 heterocycles. The number of hydrogen-bond acceptors (Lipinski definition) is 2. The molecular formula is C17H18OS. The average molecular weight is 270 g/mol. The molecule has 0 spiro atoms. The van der Waals surface area contributed by atoms with Gasteiger partial charge in [-0.25, -0.2) is 0 Å². The summed E-state index contributed by atoms with van der Waals surface area (Å²) in [5.74, 6) is 1.19. The molecule has 0 radical (unpaired) electrons. The molecule has 0 amide bonds. The van der Waals surface area contributed by atoms with E-state index in [4.69, 9.17) is 0 Å². The molecule has 0 saturated heterocycles. The van der Waals surface area contributed by atoms with E-state index in [1.54, 1.807) is 11.8 Å². The minimum Gasteiger partial charge on any atom is -0.293 e. The Morgan fingerprint density at radius 2 is 1.58 bits per heavy atom. The molecule has 0 N–H and O–H groups in total. The zero-order valence-electron chi connectivity index (χ0n) is 11.1. The van der Waals surface area contributed by atoms with Gasteiger partial charge in [0.25, 0.3) is 0 Å². The lowest BCUT2D eigenvalue weighted by atomic mass is 10.0. The molecule has 1 unspecified atom stereocenters. The molecule has 0 aliphatic carbocycles. The number of carbonyl (C=O) groups is 1. The number of rotatable bonds is 6.